The molecule has 0 unspecified atom stereocenters. The lowest BCUT2D eigenvalue weighted by Gasteiger charge is -2.09. The number of aryl methyl sites for hydroxylation is 3. The van der Waals surface area contributed by atoms with Gasteiger partial charge in [-0.3, -0.25) is 18.6 Å². The average molecular weight is 478 g/mol. The normalized spacial score (nSPS) is 11.6. The standard InChI is InChI=1S/C24H23N5O2S2/c1-15-13-19(16(2)28(15)11-10-17-7-6-12-32-17)21(30)14-33-24-26-25-23-27(3)22(31)18-8-4-5-9-20(18)29(23)24/h4-9,12-13H,10-11,14H2,1-3H3. The summed E-state index contributed by atoms with van der Waals surface area (Å²) in [5.74, 6) is 0.759. The van der Waals surface area contributed by atoms with E-state index in [4.69, 9.17) is 0 Å². The first-order valence-electron chi connectivity index (χ1n) is 10.6. The summed E-state index contributed by atoms with van der Waals surface area (Å²) in [6, 6.07) is 13.6. The number of ketones is 1. The van der Waals surface area contributed by atoms with Crippen LogP contribution in [0.3, 0.4) is 0 Å². The van der Waals surface area contributed by atoms with Crippen LogP contribution in [0, 0.1) is 13.8 Å². The number of para-hydroxylation sites is 1. The van der Waals surface area contributed by atoms with Crippen molar-refractivity contribution in [2.75, 3.05) is 5.75 Å². The number of thioether (sulfide) groups is 1. The summed E-state index contributed by atoms with van der Waals surface area (Å²) in [5, 5.41) is 11.8. The van der Waals surface area contributed by atoms with Crippen LogP contribution in [0.2, 0.25) is 0 Å². The molecule has 0 bridgehead atoms. The van der Waals surface area contributed by atoms with Crippen LogP contribution in [0.1, 0.15) is 26.6 Å². The van der Waals surface area contributed by atoms with Crippen molar-refractivity contribution in [3.8, 4) is 0 Å². The van der Waals surface area contributed by atoms with Crippen LogP contribution in [0.25, 0.3) is 16.7 Å². The number of rotatable bonds is 7. The van der Waals surface area contributed by atoms with E-state index in [9.17, 15) is 9.59 Å². The zero-order valence-electron chi connectivity index (χ0n) is 18.6. The number of carbonyl (C=O) groups is 1. The molecule has 168 valence electrons. The highest BCUT2D eigenvalue weighted by Crippen LogP contribution is 2.24. The Morgan fingerprint density at radius 3 is 2.73 bits per heavy atom. The summed E-state index contributed by atoms with van der Waals surface area (Å²) in [6.45, 7) is 4.91. The minimum Gasteiger partial charge on any atom is -0.348 e. The predicted molar refractivity (Wildman–Crippen MR) is 133 cm³/mol. The second-order valence-corrected chi connectivity index (χ2v) is 9.95. The number of hydrogen-bond acceptors (Lipinski definition) is 6. The smallest absolute Gasteiger partial charge is 0.262 e. The second-order valence-electron chi connectivity index (χ2n) is 7.98. The van der Waals surface area contributed by atoms with Gasteiger partial charge in [-0.2, -0.15) is 0 Å². The first-order valence-corrected chi connectivity index (χ1v) is 12.5. The number of nitrogens with zero attached hydrogens (tertiary/aromatic N) is 5. The van der Waals surface area contributed by atoms with Gasteiger partial charge in [-0.15, -0.1) is 21.5 Å². The van der Waals surface area contributed by atoms with Crippen molar-refractivity contribution in [1.29, 1.82) is 0 Å². The molecule has 0 saturated carbocycles. The molecule has 33 heavy (non-hydrogen) atoms. The highest BCUT2D eigenvalue weighted by molar-refractivity contribution is 7.99. The molecule has 0 saturated heterocycles. The molecular weight excluding hydrogens is 454 g/mol. The summed E-state index contributed by atoms with van der Waals surface area (Å²) < 4.78 is 5.55. The fourth-order valence-corrected chi connectivity index (χ4v) is 5.74. The van der Waals surface area contributed by atoms with Gasteiger partial charge in [-0.1, -0.05) is 30.0 Å². The number of hydrogen-bond donors (Lipinski definition) is 0. The SMILES string of the molecule is Cc1cc(C(=O)CSc2nnc3n(C)c(=O)c4ccccc4n23)c(C)n1CCc1cccs1. The van der Waals surface area contributed by atoms with Crippen LogP contribution in [-0.4, -0.2) is 35.3 Å². The summed E-state index contributed by atoms with van der Waals surface area (Å²) >= 11 is 3.10. The average Bonchev–Trinajstić information content (AvgIpc) is 3.54. The third kappa shape index (κ3) is 3.81. The highest BCUT2D eigenvalue weighted by atomic mass is 32.2. The van der Waals surface area contributed by atoms with Crippen molar-refractivity contribution in [3.63, 3.8) is 0 Å². The van der Waals surface area contributed by atoms with Crippen molar-refractivity contribution < 1.29 is 4.79 Å². The summed E-state index contributed by atoms with van der Waals surface area (Å²) in [6.07, 6.45) is 0.952. The third-order valence-electron chi connectivity index (χ3n) is 5.96. The number of carbonyl (C=O) groups excluding carboxylic acids is 1. The van der Waals surface area contributed by atoms with Gasteiger partial charge < -0.3 is 4.57 Å². The maximum Gasteiger partial charge on any atom is 0.262 e. The molecule has 0 aliphatic rings. The molecule has 4 aromatic heterocycles. The van der Waals surface area contributed by atoms with E-state index < -0.39 is 0 Å². The van der Waals surface area contributed by atoms with Crippen molar-refractivity contribution in [2.24, 2.45) is 7.05 Å². The number of Topliss-reactive ketones (excluding diaryl/α,β-unsaturated/α-hetero) is 1. The number of aromatic nitrogens is 5. The third-order valence-corrected chi connectivity index (χ3v) is 7.83. The van der Waals surface area contributed by atoms with Gasteiger partial charge >= 0.3 is 0 Å². The first-order chi connectivity index (χ1) is 16.0. The Balaban J connectivity index is 1.40. The minimum absolute atomic E-state index is 0.0568. The fraction of sp³-hybridized carbons (Fsp3) is 0.250. The van der Waals surface area contributed by atoms with Crippen molar-refractivity contribution in [1.82, 2.24) is 23.7 Å². The molecule has 0 atom stereocenters. The Bertz CT molecular complexity index is 1540. The lowest BCUT2D eigenvalue weighted by atomic mass is 10.2. The number of benzene rings is 1. The zero-order chi connectivity index (χ0) is 23.1. The maximum atomic E-state index is 13.1. The van der Waals surface area contributed by atoms with E-state index in [2.05, 4.69) is 32.3 Å². The van der Waals surface area contributed by atoms with E-state index in [-0.39, 0.29) is 17.1 Å². The summed E-state index contributed by atoms with van der Waals surface area (Å²) in [5.41, 5.74) is 3.45. The molecule has 0 aliphatic heterocycles. The molecule has 0 aliphatic carbocycles. The van der Waals surface area contributed by atoms with Gasteiger partial charge in [0.25, 0.3) is 5.56 Å². The van der Waals surface area contributed by atoms with E-state index in [1.165, 1.54) is 21.2 Å². The Hall–Kier alpha value is -3.17. The lowest BCUT2D eigenvalue weighted by Crippen LogP contribution is -2.20. The van der Waals surface area contributed by atoms with Gasteiger partial charge in [-0.05, 0) is 49.9 Å². The highest BCUT2D eigenvalue weighted by Gasteiger charge is 2.19. The molecule has 9 heteroatoms. The Morgan fingerprint density at radius 1 is 1.12 bits per heavy atom. The van der Waals surface area contributed by atoms with E-state index in [1.807, 2.05) is 42.5 Å². The van der Waals surface area contributed by atoms with Crippen LogP contribution in [0.5, 0.6) is 0 Å². The van der Waals surface area contributed by atoms with Crippen molar-refractivity contribution in [2.45, 2.75) is 32.0 Å². The molecule has 5 aromatic rings. The van der Waals surface area contributed by atoms with Crippen LogP contribution >= 0.6 is 23.1 Å². The molecule has 0 amide bonds. The molecule has 0 spiro atoms. The predicted octanol–water partition coefficient (Wildman–Crippen LogP) is 4.28. The number of thiophene rings is 1. The Morgan fingerprint density at radius 2 is 1.94 bits per heavy atom. The van der Waals surface area contributed by atoms with Gasteiger partial charge in [-0.25, -0.2) is 0 Å². The molecule has 4 heterocycles. The van der Waals surface area contributed by atoms with Crippen molar-refractivity contribution >= 4 is 45.6 Å². The van der Waals surface area contributed by atoms with E-state index in [0.717, 1.165) is 35.4 Å². The number of fused-ring (bicyclic) bond motifs is 3. The maximum absolute atomic E-state index is 13.1. The molecule has 1 aromatic carbocycles. The largest absolute Gasteiger partial charge is 0.348 e. The molecule has 0 N–H and O–H groups in total. The topological polar surface area (TPSA) is 74.2 Å². The van der Waals surface area contributed by atoms with Gasteiger partial charge in [0.15, 0.2) is 10.9 Å². The quantitative estimate of drug-likeness (QED) is 0.258. The summed E-state index contributed by atoms with van der Waals surface area (Å²) in [4.78, 5) is 27.1. The minimum atomic E-state index is -0.117. The van der Waals surface area contributed by atoms with Gasteiger partial charge in [0.2, 0.25) is 5.78 Å². The summed E-state index contributed by atoms with van der Waals surface area (Å²) in [7, 11) is 1.68. The van der Waals surface area contributed by atoms with Gasteiger partial charge in [0.05, 0.1) is 16.7 Å². The molecule has 0 fully saturated rings. The van der Waals surface area contributed by atoms with Crippen LogP contribution < -0.4 is 5.56 Å². The van der Waals surface area contributed by atoms with Gasteiger partial charge in [0, 0.05) is 35.4 Å². The fourth-order valence-electron chi connectivity index (χ4n) is 4.22. The molecule has 5 rings (SSSR count). The Labute approximate surface area is 198 Å². The van der Waals surface area contributed by atoms with E-state index in [0.29, 0.717) is 16.3 Å². The molecular formula is C24H23N5O2S2. The van der Waals surface area contributed by atoms with Crippen LogP contribution in [0.4, 0.5) is 0 Å². The first kappa shape index (κ1) is 21.7. The van der Waals surface area contributed by atoms with Crippen LogP contribution in [0.15, 0.2) is 57.8 Å². The Kier molecular flexibility index (Phi) is 5.67. The zero-order valence-corrected chi connectivity index (χ0v) is 20.2. The second kappa shape index (κ2) is 8.64. The van der Waals surface area contributed by atoms with Crippen LogP contribution in [-0.2, 0) is 20.0 Å². The van der Waals surface area contributed by atoms with Crippen molar-refractivity contribution in [3.05, 3.63) is 80.0 Å². The monoisotopic (exact) mass is 477 g/mol. The lowest BCUT2D eigenvalue weighted by molar-refractivity contribution is 0.102. The molecule has 0 radical (unpaired) electrons. The molecule has 7 nitrogen and oxygen atoms in total. The van der Waals surface area contributed by atoms with Gasteiger partial charge in [0.1, 0.15) is 0 Å². The van der Waals surface area contributed by atoms with E-state index in [1.54, 1.807) is 24.5 Å². The van der Waals surface area contributed by atoms with E-state index >= 15 is 0 Å².